The highest BCUT2D eigenvalue weighted by atomic mass is 35.5. The molecule has 1 fully saturated rings. The standard InChI is InChI=1S/C22H32ClN3O3S/c1-13(2)26-20(15-7-9-29-10-8-15)24-19-17(11-16(23)12-18(19)21(26)27)14(3)25-30(28)22(4,5)6/h11-15,25H,7-10H2,1-6H3/t14-,30?/m1/s1. The van der Waals surface area contributed by atoms with Crippen molar-refractivity contribution < 1.29 is 9.29 Å². The molecule has 6 nitrogen and oxygen atoms in total. The van der Waals surface area contributed by atoms with Crippen molar-refractivity contribution in [1.82, 2.24) is 14.3 Å². The average molecular weight is 454 g/mol. The lowest BCUT2D eigenvalue weighted by molar-refractivity contribution is 0.0823. The number of hydrogen-bond acceptors (Lipinski definition) is 5. The van der Waals surface area contributed by atoms with E-state index in [2.05, 4.69) is 4.72 Å². The lowest BCUT2D eigenvalue weighted by Crippen LogP contribution is -2.40. The molecule has 30 heavy (non-hydrogen) atoms. The molecule has 2 atom stereocenters. The zero-order valence-electron chi connectivity index (χ0n) is 18.6. The molecule has 1 aliphatic rings. The Bertz CT molecular complexity index is 965. The zero-order chi connectivity index (χ0) is 22.2. The Morgan fingerprint density at radius 2 is 1.90 bits per heavy atom. The van der Waals surface area contributed by atoms with Crippen molar-refractivity contribution >= 4 is 33.9 Å². The van der Waals surface area contributed by atoms with Crippen LogP contribution in [0.3, 0.4) is 0 Å². The first-order valence-electron chi connectivity index (χ1n) is 10.5. The highest BCUT2D eigenvalue weighted by molar-refractivity contribution is 7.90. The van der Waals surface area contributed by atoms with Crippen molar-refractivity contribution in [3.05, 3.63) is 38.9 Å². The minimum atomic E-state index is -1.26. The van der Waals surface area contributed by atoms with Gasteiger partial charge in [-0.25, -0.2) is 4.98 Å². The molecule has 0 aliphatic carbocycles. The third kappa shape index (κ3) is 4.86. The first-order chi connectivity index (χ1) is 14.0. The maximum atomic E-state index is 13.5. The van der Waals surface area contributed by atoms with Gasteiger partial charge in [-0.05, 0) is 66.5 Å². The van der Waals surface area contributed by atoms with Gasteiger partial charge in [-0.1, -0.05) is 11.6 Å². The summed E-state index contributed by atoms with van der Waals surface area (Å²) in [6.45, 7) is 13.0. The Kier molecular flexibility index (Phi) is 7.19. The van der Waals surface area contributed by atoms with E-state index in [4.69, 9.17) is 21.3 Å². The normalized spacial score (nSPS) is 18.2. The predicted molar refractivity (Wildman–Crippen MR) is 124 cm³/mol. The van der Waals surface area contributed by atoms with Crippen LogP contribution < -0.4 is 10.3 Å². The molecule has 2 aromatic rings. The highest BCUT2D eigenvalue weighted by Gasteiger charge is 2.30. The van der Waals surface area contributed by atoms with Gasteiger partial charge >= 0.3 is 0 Å². The van der Waals surface area contributed by atoms with Gasteiger partial charge in [0.25, 0.3) is 5.56 Å². The number of hydrogen-bond donors (Lipinski definition) is 1. The van der Waals surface area contributed by atoms with Crippen molar-refractivity contribution in [2.75, 3.05) is 13.2 Å². The maximum absolute atomic E-state index is 13.5. The molecular weight excluding hydrogens is 422 g/mol. The molecule has 0 spiro atoms. The zero-order valence-corrected chi connectivity index (χ0v) is 20.2. The summed E-state index contributed by atoms with van der Waals surface area (Å²) in [5.41, 5.74) is 1.34. The fourth-order valence-corrected chi connectivity index (χ4v) is 4.81. The smallest absolute Gasteiger partial charge is 0.261 e. The summed E-state index contributed by atoms with van der Waals surface area (Å²) in [6.07, 6.45) is 1.69. The van der Waals surface area contributed by atoms with Crippen LogP contribution in [0.1, 0.15) is 83.8 Å². The van der Waals surface area contributed by atoms with E-state index in [0.29, 0.717) is 29.1 Å². The Morgan fingerprint density at radius 3 is 2.47 bits per heavy atom. The summed E-state index contributed by atoms with van der Waals surface area (Å²) in [5.74, 6) is 0.979. The van der Waals surface area contributed by atoms with E-state index in [1.165, 1.54) is 0 Å². The summed E-state index contributed by atoms with van der Waals surface area (Å²) >= 11 is 5.13. The molecule has 0 bridgehead atoms. The molecular formula is C22H32ClN3O3S. The van der Waals surface area contributed by atoms with E-state index in [1.807, 2.05) is 47.6 Å². The fourth-order valence-electron chi connectivity index (χ4n) is 3.78. The molecule has 0 saturated carbocycles. The Morgan fingerprint density at radius 1 is 1.27 bits per heavy atom. The molecule has 1 saturated heterocycles. The Hall–Kier alpha value is -1.12. The third-order valence-corrected chi connectivity index (χ3v) is 7.33. The second-order valence-electron chi connectivity index (χ2n) is 9.24. The monoisotopic (exact) mass is 453 g/mol. The van der Waals surface area contributed by atoms with Crippen LogP contribution >= 0.6 is 11.6 Å². The van der Waals surface area contributed by atoms with E-state index in [1.54, 1.807) is 10.6 Å². The Balaban J connectivity index is 2.19. The molecule has 1 aliphatic heterocycles. The number of ether oxygens (including phenoxy) is 1. The van der Waals surface area contributed by atoms with Crippen LogP contribution in [0.4, 0.5) is 0 Å². The summed E-state index contributed by atoms with van der Waals surface area (Å²) in [7, 11) is 0. The van der Waals surface area contributed by atoms with Crippen LogP contribution in [0, 0.1) is 0 Å². The van der Waals surface area contributed by atoms with Crippen LogP contribution in [-0.2, 0) is 16.1 Å². The maximum Gasteiger partial charge on any atom is 0.261 e. The largest absolute Gasteiger partial charge is 0.598 e. The molecule has 0 amide bonds. The van der Waals surface area contributed by atoms with Gasteiger partial charge in [-0.3, -0.25) is 9.36 Å². The number of aromatic nitrogens is 2. The summed E-state index contributed by atoms with van der Waals surface area (Å²) in [4.78, 5) is 18.5. The molecule has 1 unspecified atom stereocenters. The van der Waals surface area contributed by atoms with Crippen LogP contribution in [-0.4, -0.2) is 32.1 Å². The SMILES string of the molecule is CC(C)n1c(C2CCOCC2)nc2c([C@@H](C)N[S+]([O-])C(C)(C)C)cc(Cl)cc2c1=O. The molecule has 2 heterocycles. The molecule has 8 heteroatoms. The number of nitrogens with zero attached hydrogens (tertiary/aromatic N) is 2. The fraction of sp³-hybridized carbons (Fsp3) is 0.636. The molecule has 3 rings (SSSR count). The second kappa shape index (κ2) is 9.17. The summed E-state index contributed by atoms with van der Waals surface area (Å²) in [5, 5.41) is 0.970. The predicted octanol–water partition coefficient (Wildman–Crippen LogP) is 4.64. The first kappa shape index (κ1) is 23.5. The van der Waals surface area contributed by atoms with Crippen molar-refractivity contribution in [3.8, 4) is 0 Å². The van der Waals surface area contributed by atoms with E-state index in [0.717, 1.165) is 24.2 Å². The lowest BCUT2D eigenvalue weighted by atomic mass is 9.97. The summed E-state index contributed by atoms with van der Waals surface area (Å²) in [6, 6.07) is 3.21. The van der Waals surface area contributed by atoms with Crippen LogP contribution in [0.2, 0.25) is 5.02 Å². The van der Waals surface area contributed by atoms with Gasteiger partial charge in [-0.15, -0.1) is 4.72 Å². The minimum absolute atomic E-state index is 0.0152. The number of benzene rings is 1. The van der Waals surface area contributed by atoms with E-state index >= 15 is 0 Å². The molecule has 1 aromatic heterocycles. The topological polar surface area (TPSA) is 79.2 Å². The number of fused-ring (bicyclic) bond motifs is 1. The van der Waals surface area contributed by atoms with Gasteiger partial charge in [0.2, 0.25) is 0 Å². The molecule has 166 valence electrons. The van der Waals surface area contributed by atoms with Gasteiger partial charge < -0.3 is 9.29 Å². The van der Waals surface area contributed by atoms with E-state index < -0.39 is 16.1 Å². The number of nitrogens with one attached hydrogen (secondary N) is 1. The lowest BCUT2D eigenvalue weighted by Gasteiger charge is -2.28. The minimum Gasteiger partial charge on any atom is -0.598 e. The molecule has 0 radical (unpaired) electrons. The molecule has 1 N–H and O–H groups in total. The van der Waals surface area contributed by atoms with Crippen molar-refractivity contribution in [2.24, 2.45) is 0 Å². The van der Waals surface area contributed by atoms with E-state index in [9.17, 15) is 9.35 Å². The quantitative estimate of drug-likeness (QED) is 0.667. The Labute approximate surface area is 186 Å². The van der Waals surface area contributed by atoms with Gasteiger partial charge in [0, 0.05) is 47.1 Å². The van der Waals surface area contributed by atoms with E-state index in [-0.39, 0.29) is 23.6 Å². The first-order valence-corrected chi connectivity index (χ1v) is 12.0. The molecule has 1 aromatic carbocycles. The second-order valence-corrected chi connectivity index (χ2v) is 11.7. The number of halogens is 1. The third-order valence-electron chi connectivity index (χ3n) is 5.44. The van der Waals surface area contributed by atoms with Crippen molar-refractivity contribution in [3.63, 3.8) is 0 Å². The van der Waals surface area contributed by atoms with Crippen molar-refractivity contribution in [1.29, 1.82) is 0 Å². The van der Waals surface area contributed by atoms with Gasteiger partial charge in [0.1, 0.15) is 10.6 Å². The van der Waals surface area contributed by atoms with Crippen LogP contribution in [0.15, 0.2) is 16.9 Å². The summed E-state index contributed by atoms with van der Waals surface area (Å²) < 4.78 is 22.7. The van der Waals surface area contributed by atoms with Gasteiger partial charge in [0.05, 0.1) is 16.9 Å². The van der Waals surface area contributed by atoms with Gasteiger partial charge in [-0.2, -0.15) is 0 Å². The van der Waals surface area contributed by atoms with Crippen LogP contribution in [0.5, 0.6) is 0 Å². The van der Waals surface area contributed by atoms with Crippen LogP contribution in [0.25, 0.3) is 10.9 Å². The average Bonchev–Trinajstić information content (AvgIpc) is 2.67. The van der Waals surface area contributed by atoms with Gasteiger partial charge in [0.15, 0.2) is 0 Å². The number of rotatable bonds is 5. The highest BCUT2D eigenvalue weighted by Crippen LogP contribution is 2.32. The van der Waals surface area contributed by atoms with Crippen molar-refractivity contribution in [2.45, 2.75) is 77.1 Å².